The number of nitrogens with one attached hydrogen (secondary N) is 2. The molecule has 0 aromatic rings. The third-order valence-electron chi connectivity index (χ3n) is 4.55. The van der Waals surface area contributed by atoms with E-state index in [-0.39, 0.29) is 17.9 Å². The van der Waals surface area contributed by atoms with Crippen molar-refractivity contribution in [2.75, 3.05) is 39.4 Å². The zero-order valence-corrected chi connectivity index (χ0v) is 13.6. The third kappa shape index (κ3) is 4.94. The highest BCUT2D eigenvalue weighted by molar-refractivity contribution is 5.80. The van der Waals surface area contributed by atoms with Gasteiger partial charge in [0.25, 0.3) is 0 Å². The van der Waals surface area contributed by atoms with Crippen molar-refractivity contribution < 1.29 is 9.53 Å². The average Bonchev–Trinajstić information content (AvgIpc) is 2.96. The monoisotopic (exact) mass is 297 g/mol. The molecule has 5 nitrogen and oxygen atoms in total. The number of nitrogens with zero attached hydrogens (tertiary/aromatic N) is 1. The smallest absolute Gasteiger partial charge is 0.227 e. The van der Waals surface area contributed by atoms with Crippen molar-refractivity contribution in [2.45, 2.75) is 51.6 Å². The number of amides is 1. The Balaban J connectivity index is 1.74. The lowest BCUT2D eigenvalue weighted by molar-refractivity contribution is -0.126. The summed E-state index contributed by atoms with van der Waals surface area (Å²) in [5.41, 5.74) is 0. The molecule has 2 atom stereocenters. The molecule has 21 heavy (non-hydrogen) atoms. The Bertz CT molecular complexity index is 317. The summed E-state index contributed by atoms with van der Waals surface area (Å²) in [6.45, 7) is 9.93. The van der Waals surface area contributed by atoms with Gasteiger partial charge in [-0.05, 0) is 38.8 Å². The normalized spacial score (nSPS) is 27.9. The summed E-state index contributed by atoms with van der Waals surface area (Å²) in [5.74, 6) is 0.153. The molecule has 2 saturated heterocycles. The Morgan fingerprint density at radius 3 is 2.62 bits per heavy atom. The molecule has 0 bridgehead atoms. The van der Waals surface area contributed by atoms with E-state index < -0.39 is 0 Å². The maximum atomic E-state index is 12.4. The zero-order chi connectivity index (χ0) is 15.1. The molecule has 2 rings (SSSR count). The van der Waals surface area contributed by atoms with Crippen LogP contribution in [0.3, 0.4) is 0 Å². The van der Waals surface area contributed by atoms with Crippen LogP contribution in [0, 0.1) is 5.92 Å². The second-order valence-corrected chi connectivity index (χ2v) is 6.33. The van der Waals surface area contributed by atoms with Crippen LogP contribution >= 0.6 is 0 Å². The van der Waals surface area contributed by atoms with Crippen molar-refractivity contribution in [1.82, 2.24) is 15.5 Å². The quantitative estimate of drug-likeness (QED) is 0.736. The van der Waals surface area contributed by atoms with Crippen LogP contribution in [0.2, 0.25) is 0 Å². The van der Waals surface area contributed by atoms with E-state index >= 15 is 0 Å². The number of hydrogen-bond donors (Lipinski definition) is 2. The van der Waals surface area contributed by atoms with E-state index in [2.05, 4.69) is 29.4 Å². The Morgan fingerprint density at radius 2 is 1.95 bits per heavy atom. The lowest BCUT2D eigenvalue weighted by Crippen LogP contribution is -2.50. The van der Waals surface area contributed by atoms with Crippen LogP contribution in [0.4, 0.5) is 0 Å². The van der Waals surface area contributed by atoms with Crippen LogP contribution in [0.5, 0.6) is 0 Å². The Hall–Kier alpha value is -0.650. The van der Waals surface area contributed by atoms with Gasteiger partial charge in [0.2, 0.25) is 5.91 Å². The summed E-state index contributed by atoms with van der Waals surface area (Å²) in [7, 11) is 0. The minimum atomic E-state index is -0.0229. The van der Waals surface area contributed by atoms with E-state index in [1.807, 2.05) is 0 Å². The fourth-order valence-electron chi connectivity index (χ4n) is 3.27. The zero-order valence-electron chi connectivity index (χ0n) is 13.6. The Labute approximate surface area is 128 Å². The lowest BCUT2D eigenvalue weighted by Gasteiger charge is -2.33. The van der Waals surface area contributed by atoms with Gasteiger partial charge in [-0.25, -0.2) is 0 Å². The van der Waals surface area contributed by atoms with Gasteiger partial charge < -0.3 is 20.3 Å². The van der Waals surface area contributed by atoms with Gasteiger partial charge in [0.15, 0.2) is 0 Å². The van der Waals surface area contributed by atoms with Gasteiger partial charge in [0.05, 0.1) is 19.1 Å². The molecule has 2 aliphatic heterocycles. The molecule has 0 aromatic carbocycles. The molecular weight excluding hydrogens is 266 g/mol. The van der Waals surface area contributed by atoms with Crippen LogP contribution < -0.4 is 10.6 Å². The van der Waals surface area contributed by atoms with E-state index in [9.17, 15) is 4.79 Å². The topological polar surface area (TPSA) is 53.6 Å². The molecule has 1 amide bonds. The fourth-order valence-corrected chi connectivity index (χ4v) is 3.27. The summed E-state index contributed by atoms with van der Waals surface area (Å²) in [4.78, 5) is 14.9. The van der Waals surface area contributed by atoms with Crippen molar-refractivity contribution in [3.63, 3.8) is 0 Å². The summed E-state index contributed by atoms with van der Waals surface area (Å²) in [6, 6.07) is 0.531. The number of hydrogen-bond acceptors (Lipinski definition) is 4. The van der Waals surface area contributed by atoms with Crippen molar-refractivity contribution in [2.24, 2.45) is 5.92 Å². The van der Waals surface area contributed by atoms with Gasteiger partial charge in [0, 0.05) is 25.2 Å². The van der Waals surface area contributed by atoms with Crippen LogP contribution in [0.15, 0.2) is 0 Å². The molecule has 2 fully saturated rings. The first kappa shape index (κ1) is 16.7. The largest absolute Gasteiger partial charge is 0.379 e. The fraction of sp³-hybridized carbons (Fsp3) is 0.938. The highest BCUT2D eigenvalue weighted by atomic mass is 16.5. The first-order valence-corrected chi connectivity index (χ1v) is 8.58. The highest BCUT2D eigenvalue weighted by Crippen LogP contribution is 2.16. The first-order chi connectivity index (χ1) is 10.2. The maximum absolute atomic E-state index is 12.4. The lowest BCUT2D eigenvalue weighted by atomic mass is 9.99. The molecule has 0 saturated carbocycles. The molecule has 0 aromatic heterocycles. The highest BCUT2D eigenvalue weighted by Gasteiger charge is 2.34. The summed E-state index contributed by atoms with van der Waals surface area (Å²) in [5, 5.41) is 6.67. The number of rotatable bonds is 7. The number of ether oxygens (including phenoxy) is 1. The number of piperidine rings is 1. The number of likely N-dealkylation sites (tertiary alicyclic amines) is 1. The Kier molecular flexibility index (Phi) is 6.93. The van der Waals surface area contributed by atoms with Crippen LogP contribution in [0.1, 0.15) is 39.5 Å². The van der Waals surface area contributed by atoms with E-state index in [0.29, 0.717) is 19.3 Å². The molecule has 0 spiro atoms. The number of carbonyl (C=O) groups excluding carboxylic acids is 1. The van der Waals surface area contributed by atoms with Crippen LogP contribution in [0.25, 0.3) is 0 Å². The minimum Gasteiger partial charge on any atom is -0.379 e. The summed E-state index contributed by atoms with van der Waals surface area (Å²) >= 11 is 0. The predicted molar refractivity (Wildman–Crippen MR) is 84.3 cm³/mol. The molecular formula is C16H31N3O2. The van der Waals surface area contributed by atoms with Gasteiger partial charge >= 0.3 is 0 Å². The van der Waals surface area contributed by atoms with E-state index in [4.69, 9.17) is 4.74 Å². The van der Waals surface area contributed by atoms with Gasteiger partial charge in [-0.3, -0.25) is 4.79 Å². The van der Waals surface area contributed by atoms with Gasteiger partial charge in [-0.1, -0.05) is 13.8 Å². The molecule has 122 valence electrons. The van der Waals surface area contributed by atoms with Gasteiger partial charge in [-0.15, -0.1) is 0 Å². The van der Waals surface area contributed by atoms with E-state index in [0.717, 1.165) is 38.9 Å². The third-order valence-corrected chi connectivity index (χ3v) is 4.55. The SMILES string of the molecule is CCCNC1COCC1C(=O)NC1CCN(CCC)CC1. The maximum Gasteiger partial charge on any atom is 0.227 e. The average molecular weight is 297 g/mol. The molecule has 2 aliphatic rings. The second-order valence-electron chi connectivity index (χ2n) is 6.33. The van der Waals surface area contributed by atoms with Crippen LogP contribution in [-0.4, -0.2) is 62.3 Å². The molecule has 5 heteroatoms. The van der Waals surface area contributed by atoms with Crippen molar-refractivity contribution >= 4 is 5.91 Å². The molecule has 0 radical (unpaired) electrons. The number of carbonyl (C=O) groups is 1. The summed E-state index contributed by atoms with van der Waals surface area (Å²) < 4.78 is 5.49. The minimum absolute atomic E-state index is 0.0229. The standard InChI is InChI=1S/C16H31N3O2/c1-3-7-17-15-12-21-11-14(15)16(20)18-13-5-9-19(8-4-2)10-6-13/h13-15,17H,3-12H2,1-2H3,(H,18,20). The van der Waals surface area contributed by atoms with E-state index in [1.165, 1.54) is 13.0 Å². The molecule has 0 aliphatic carbocycles. The van der Waals surface area contributed by atoms with Crippen molar-refractivity contribution in [3.05, 3.63) is 0 Å². The Morgan fingerprint density at radius 1 is 1.19 bits per heavy atom. The van der Waals surface area contributed by atoms with E-state index in [1.54, 1.807) is 0 Å². The van der Waals surface area contributed by atoms with Crippen LogP contribution in [-0.2, 0) is 9.53 Å². The van der Waals surface area contributed by atoms with Crippen molar-refractivity contribution in [1.29, 1.82) is 0 Å². The first-order valence-electron chi connectivity index (χ1n) is 8.58. The van der Waals surface area contributed by atoms with Gasteiger partial charge in [-0.2, -0.15) is 0 Å². The second kappa shape index (κ2) is 8.71. The molecule has 2 unspecified atom stereocenters. The molecule has 2 N–H and O–H groups in total. The van der Waals surface area contributed by atoms with Crippen molar-refractivity contribution in [3.8, 4) is 0 Å². The summed E-state index contributed by atoms with van der Waals surface area (Å²) in [6.07, 6.45) is 4.45. The predicted octanol–water partition coefficient (Wildman–Crippen LogP) is 0.992. The molecule has 2 heterocycles. The van der Waals surface area contributed by atoms with Gasteiger partial charge in [0.1, 0.15) is 0 Å².